The minimum atomic E-state index is -0.208. The zero-order valence-electron chi connectivity index (χ0n) is 16.7. The summed E-state index contributed by atoms with van der Waals surface area (Å²) in [5, 5.41) is 4.57. The van der Waals surface area contributed by atoms with Crippen molar-refractivity contribution < 1.29 is 13.9 Å². The summed E-state index contributed by atoms with van der Waals surface area (Å²) in [5.41, 5.74) is 3.87. The zero-order valence-corrected chi connectivity index (χ0v) is 17.5. The predicted molar refractivity (Wildman–Crippen MR) is 115 cm³/mol. The molecule has 6 heteroatoms. The third kappa shape index (κ3) is 4.32. The molecule has 1 aliphatic heterocycles. The summed E-state index contributed by atoms with van der Waals surface area (Å²) in [4.78, 5) is 15.3. The van der Waals surface area contributed by atoms with Gasteiger partial charge in [0.25, 0.3) is 5.91 Å². The highest BCUT2D eigenvalue weighted by Crippen LogP contribution is 2.28. The molecule has 1 aromatic heterocycles. The van der Waals surface area contributed by atoms with Crippen LogP contribution in [0.4, 0.5) is 0 Å². The molecule has 2 heterocycles. The Morgan fingerprint density at radius 3 is 2.59 bits per heavy atom. The van der Waals surface area contributed by atoms with Crippen molar-refractivity contribution in [3.63, 3.8) is 0 Å². The monoisotopic (exact) mass is 412 g/mol. The van der Waals surface area contributed by atoms with Gasteiger partial charge in [0.05, 0.1) is 19.3 Å². The fourth-order valence-corrected chi connectivity index (χ4v) is 3.99. The number of carbonyl (C=O) groups is 1. The maximum atomic E-state index is 12.9. The highest BCUT2D eigenvalue weighted by atomic mass is 35.5. The van der Waals surface area contributed by atoms with Gasteiger partial charge in [0, 0.05) is 35.6 Å². The lowest BCUT2D eigenvalue weighted by molar-refractivity contribution is 0.0161. The fraction of sp³-hybridized carbons (Fsp3) is 0.348. The van der Waals surface area contributed by atoms with Crippen LogP contribution in [0.15, 0.2) is 46.9 Å². The minimum Gasteiger partial charge on any atom is -0.451 e. The number of aryl methyl sites for hydroxylation is 2. The van der Waals surface area contributed by atoms with Gasteiger partial charge in [0.2, 0.25) is 0 Å². The number of hydrogen-bond donors (Lipinski definition) is 1. The van der Waals surface area contributed by atoms with Crippen molar-refractivity contribution in [2.75, 3.05) is 32.8 Å². The van der Waals surface area contributed by atoms with Crippen LogP contribution in [0, 0.1) is 13.8 Å². The number of halogens is 1. The van der Waals surface area contributed by atoms with Gasteiger partial charge in [-0.1, -0.05) is 41.4 Å². The first kappa shape index (κ1) is 20.0. The van der Waals surface area contributed by atoms with Gasteiger partial charge >= 0.3 is 0 Å². The summed E-state index contributed by atoms with van der Waals surface area (Å²) < 4.78 is 11.3. The molecule has 152 valence electrons. The van der Waals surface area contributed by atoms with Crippen molar-refractivity contribution in [2.24, 2.45) is 0 Å². The van der Waals surface area contributed by atoms with Crippen LogP contribution in [0.5, 0.6) is 0 Å². The first-order valence-electron chi connectivity index (χ1n) is 9.88. The Morgan fingerprint density at radius 2 is 1.86 bits per heavy atom. The summed E-state index contributed by atoms with van der Waals surface area (Å²) in [6.07, 6.45) is 0. The molecule has 0 aliphatic carbocycles. The van der Waals surface area contributed by atoms with Crippen LogP contribution < -0.4 is 5.32 Å². The number of nitrogens with zero attached hydrogens (tertiary/aromatic N) is 1. The number of ether oxygens (including phenoxy) is 1. The van der Waals surface area contributed by atoms with Gasteiger partial charge in [-0.25, -0.2) is 0 Å². The van der Waals surface area contributed by atoms with Crippen LogP contribution >= 0.6 is 11.6 Å². The summed E-state index contributed by atoms with van der Waals surface area (Å²) in [6, 6.07) is 14.0. The first-order valence-corrected chi connectivity index (χ1v) is 10.3. The number of rotatable bonds is 5. The molecule has 4 rings (SSSR count). The van der Waals surface area contributed by atoms with Crippen molar-refractivity contribution in [1.29, 1.82) is 0 Å². The summed E-state index contributed by atoms with van der Waals surface area (Å²) in [6.45, 7) is 7.56. The maximum Gasteiger partial charge on any atom is 0.287 e. The number of benzene rings is 2. The van der Waals surface area contributed by atoms with E-state index in [-0.39, 0.29) is 11.9 Å². The molecule has 1 saturated heterocycles. The molecule has 0 saturated carbocycles. The second-order valence-electron chi connectivity index (χ2n) is 7.48. The topological polar surface area (TPSA) is 54.7 Å². The number of carbonyl (C=O) groups excluding carboxylic acids is 1. The number of furan rings is 1. The number of nitrogens with one attached hydrogen (secondary N) is 1. The lowest BCUT2D eigenvalue weighted by Crippen LogP contribution is -2.43. The molecule has 1 N–H and O–H groups in total. The van der Waals surface area contributed by atoms with E-state index in [1.807, 2.05) is 13.0 Å². The Kier molecular flexibility index (Phi) is 5.90. The SMILES string of the molecule is Cc1ccc([C@H](CNC(=O)c2oc3ccc(Cl)cc3c2C)N2CCOCC2)cc1. The van der Waals surface area contributed by atoms with Gasteiger partial charge in [0.15, 0.2) is 5.76 Å². The van der Waals surface area contributed by atoms with Crippen molar-refractivity contribution in [1.82, 2.24) is 10.2 Å². The van der Waals surface area contributed by atoms with Gasteiger partial charge in [-0.3, -0.25) is 9.69 Å². The minimum absolute atomic E-state index is 0.0857. The van der Waals surface area contributed by atoms with Crippen molar-refractivity contribution >= 4 is 28.5 Å². The van der Waals surface area contributed by atoms with Crippen molar-refractivity contribution in [2.45, 2.75) is 19.9 Å². The van der Waals surface area contributed by atoms with E-state index in [1.54, 1.807) is 12.1 Å². The molecule has 0 bridgehead atoms. The second kappa shape index (κ2) is 8.57. The average Bonchev–Trinajstić information content (AvgIpc) is 3.06. The summed E-state index contributed by atoms with van der Waals surface area (Å²) >= 11 is 6.09. The lowest BCUT2D eigenvalue weighted by atomic mass is 10.0. The van der Waals surface area contributed by atoms with Gasteiger partial charge < -0.3 is 14.5 Å². The second-order valence-corrected chi connectivity index (χ2v) is 7.92. The molecule has 0 spiro atoms. The largest absolute Gasteiger partial charge is 0.451 e. The molecule has 29 heavy (non-hydrogen) atoms. The molecule has 1 fully saturated rings. The number of amides is 1. The van der Waals surface area contributed by atoms with Crippen LogP contribution in [0.25, 0.3) is 11.0 Å². The van der Waals surface area contributed by atoms with E-state index in [0.29, 0.717) is 36.1 Å². The standard InChI is InChI=1S/C23H25ClN2O3/c1-15-3-5-17(6-4-15)20(26-9-11-28-12-10-26)14-25-23(27)22-16(2)19-13-18(24)7-8-21(19)29-22/h3-8,13,20H,9-12,14H2,1-2H3,(H,25,27)/t20-/m0/s1. The van der Waals surface area contributed by atoms with E-state index in [2.05, 4.69) is 41.4 Å². The van der Waals surface area contributed by atoms with Gasteiger partial charge in [-0.15, -0.1) is 0 Å². The van der Waals surface area contributed by atoms with E-state index < -0.39 is 0 Å². The van der Waals surface area contributed by atoms with Crippen LogP contribution in [0.2, 0.25) is 5.02 Å². The van der Waals surface area contributed by atoms with Crippen LogP contribution in [-0.2, 0) is 4.74 Å². The van der Waals surface area contributed by atoms with Crippen LogP contribution in [-0.4, -0.2) is 43.7 Å². The fourth-order valence-electron chi connectivity index (χ4n) is 3.81. The lowest BCUT2D eigenvalue weighted by Gasteiger charge is -2.35. The number of hydrogen-bond acceptors (Lipinski definition) is 4. The maximum absolute atomic E-state index is 12.9. The number of fused-ring (bicyclic) bond motifs is 1. The predicted octanol–water partition coefficient (Wildman–Crippen LogP) is 4.51. The Bertz CT molecular complexity index is 1010. The van der Waals surface area contributed by atoms with E-state index in [9.17, 15) is 4.79 Å². The highest BCUT2D eigenvalue weighted by Gasteiger charge is 2.25. The van der Waals surface area contributed by atoms with Crippen LogP contribution in [0.3, 0.4) is 0 Å². The van der Waals surface area contributed by atoms with Crippen molar-refractivity contribution in [3.05, 3.63) is 69.9 Å². The number of morpholine rings is 1. The van der Waals surface area contributed by atoms with E-state index in [1.165, 1.54) is 11.1 Å². The summed E-state index contributed by atoms with van der Waals surface area (Å²) in [7, 11) is 0. The van der Waals surface area contributed by atoms with Gasteiger partial charge in [-0.2, -0.15) is 0 Å². The van der Waals surface area contributed by atoms with Gasteiger partial charge in [0.1, 0.15) is 5.58 Å². The molecule has 1 amide bonds. The van der Waals surface area contributed by atoms with Crippen molar-refractivity contribution in [3.8, 4) is 0 Å². The van der Waals surface area contributed by atoms with E-state index in [0.717, 1.165) is 24.0 Å². The third-order valence-corrected chi connectivity index (χ3v) is 5.74. The Hall–Kier alpha value is -2.34. The molecule has 0 unspecified atom stereocenters. The molecule has 5 nitrogen and oxygen atoms in total. The average molecular weight is 413 g/mol. The van der Waals surface area contributed by atoms with E-state index >= 15 is 0 Å². The zero-order chi connectivity index (χ0) is 20.4. The summed E-state index contributed by atoms with van der Waals surface area (Å²) in [5.74, 6) is 0.132. The molecule has 3 aromatic rings. The van der Waals surface area contributed by atoms with Gasteiger partial charge in [-0.05, 0) is 37.6 Å². The molecule has 2 aromatic carbocycles. The molecule has 1 aliphatic rings. The Balaban J connectivity index is 1.54. The highest BCUT2D eigenvalue weighted by molar-refractivity contribution is 6.31. The van der Waals surface area contributed by atoms with Crippen LogP contribution in [0.1, 0.15) is 33.3 Å². The quantitative estimate of drug-likeness (QED) is 0.670. The third-order valence-electron chi connectivity index (χ3n) is 5.51. The molecule has 1 atom stereocenters. The Morgan fingerprint density at radius 1 is 1.14 bits per heavy atom. The smallest absolute Gasteiger partial charge is 0.287 e. The molecular formula is C23H25ClN2O3. The molecule has 0 radical (unpaired) electrons. The molecular weight excluding hydrogens is 388 g/mol. The normalized spacial score (nSPS) is 16.1. The first-order chi connectivity index (χ1) is 14.0. The Labute approximate surface area is 175 Å². The van der Waals surface area contributed by atoms with E-state index in [4.69, 9.17) is 20.8 Å².